The molecule has 0 saturated heterocycles. The summed E-state index contributed by atoms with van der Waals surface area (Å²) in [5.74, 6) is -1.06. The van der Waals surface area contributed by atoms with Crippen LogP contribution < -0.4 is 10.6 Å². The van der Waals surface area contributed by atoms with Crippen LogP contribution in [0.5, 0.6) is 0 Å². The van der Waals surface area contributed by atoms with Gasteiger partial charge in [-0.2, -0.15) is 5.10 Å². The SMILES string of the molecule is O=C(NCCCNC(=O)c1cccc(Br)c1)C1=NN(Cc2ccc(F)cc2)C(=O)CC1. The lowest BCUT2D eigenvalue weighted by molar-refractivity contribution is -0.132. The van der Waals surface area contributed by atoms with E-state index in [0.717, 1.165) is 10.0 Å². The number of amides is 3. The van der Waals surface area contributed by atoms with Gasteiger partial charge in [-0.1, -0.05) is 34.1 Å². The molecular weight excluding hydrogens is 467 g/mol. The zero-order chi connectivity index (χ0) is 22.2. The summed E-state index contributed by atoms with van der Waals surface area (Å²) in [6, 6.07) is 12.9. The van der Waals surface area contributed by atoms with E-state index in [1.54, 1.807) is 30.3 Å². The van der Waals surface area contributed by atoms with Crippen LogP contribution in [0.25, 0.3) is 0 Å². The smallest absolute Gasteiger partial charge is 0.267 e. The minimum atomic E-state index is -0.356. The fourth-order valence-electron chi connectivity index (χ4n) is 2.98. The van der Waals surface area contributed by atoms with Crippen LogP contribution in [0.4, 0.5) is 4.39 Å². The van der Waals surface area contributed by atoms with Crippen LogP contribution in [0.15, 0.2) is 58.1 Å². The number of hydrogen-bond donors (Lipinski definition) is 2. The van der Waals surface area contributed by atoms with Crippen LogP contribution >= 0.6 is 15.9 Å². The van der Waals surface area contributed by atoms with Crippen molar-refractivity contribution in [2.24, 2.45) is 5.10 Å². The first-order chi connectivity index (χ1) is 14.9. The van der Waals surface area contributed by atoms with E-state index in [9.17, 15) is 18.8 Å². The Balaban J connectivity index is 1.44. The summed E-state index contributed by atoms with van der Waals surface area (Å²) in [4.78, 5) is 36.6. The summed E-state index contributed by atoms with van der Waals surface area (Å²) < 4.78 is 13.9. The zero-order valence-corrected chi connectivity index (χ0v) is 18.3. The summed E-state index contributed by atoms with van der Waals surface area (Å²) in [6.45, 7) is 0.952. The molecular formula is C22H22BrFN4O3. The van der Waals surface area contributed by atoms with Gasteiger partial charge in [-0.25, -0.2) is 9.40 Å². The minimum absolute atomic E-state index is 0.178. The van der Waals surface area contributed by atoms with Crippen LogP contribution in [0.2, 0.25) is 0 Å². The Kier molecular flexibility index (Phi) is 7.88. The van der Waals surface area contributed by atoms with E-state index < -0.39 is 0 Å². The van der Waals surface area contributed by atoms with Crippen molar-refractivity contribution < 1.29 is 18.8 Å². The van der Waals surface area contributed by atoms with Crippen molar-refractivity contribution in [1.29, 1.82) is 0 Å². The first kappa shape index (κ1) is 22.6. The molecule has 0 aliphatic carbocycles. The summed E-state index contributed by atoms with van der Waals surface area (Å²) in [6.07, 6.45) is 1.01. The number of halogens is 2. The molecule has 0 fully saturated rings. The summed E-state index contributed by atoms with van der Waals surface area (Å²) in [5.41, 5.74) is 1.56. The van der Waals surface area contributed by atoms with Gasteiger partial charge in [0.1, 0.15) is 11.5 Å². The molecule has 7 nitrogen and oxygen atoms in total. The van der Waals surface area contributed by atoms with E-state index >= 15 is 0 Å². The first-order valence-electron chi connectivity index (χ1n) is 9.86. The van der Waals surface area contributed by atoms with Crippen LogP contribution in [-0.2, 0) is 16.1 Å². The highest BCUT2D eigenvalue weighted by atomic mass is 79.9. The highest BCUT2D eigenvalue weighted by Gasteiger charge is 2.24. The number of benzene rings is 2. The number of hydrazone groups is 1. The number of hydrogen-bond acceptors (Lipinski definition) is 4. The fourth-order valence-corrected chi connectivity index (χ4v) is 3.38. The van der Waals surface area contributed by atoms with Crippen molar-refractivity contribution >= 4 is 39.4 Å². The summed E-state index contributed by atoms with van der Waals surface area (Å²) in [5, 5.41) is 11.0. The van der Waals surface area contributed by atoms with E-state index in [4.69, 9.17) is 0 Å². The van der Waals surface area contributed by atoms with Crippen molar-refractivity contribution in [1.82, 2.24) is 15.6 Å². The average Bonchev–Trinajstić information content (AvgIpc) is 2.76. The molecule has 0 atom stereocenters. The second-order valence-corrected chi connectivity index (χ2v) is 7.92. The molecule has 3 amide bonds. The lowest BCUT2D eigenvalue weighted by Crippen LogP contribution is -2.39. The van der Waals surface area contributed by atoms with Crippen LogP contribution in [0, 0.1) is 5.82 Å². The lowest BCUT2D eigenvalue weighted by Gasteiger charge is -2.23. The number of carbonyl (C=O) groups is 3. The molecule has 2 N–H and O–H groups in total. The third-order valence-electron chi connectivity index (χ3n) is 4.62. The number of carbonyl (C=O) groups excluding carboxylic acids is 3. The van der Waals surface area contributed by atoms with Crippen LogP contribution in [0.1, 0.15) is 35.2 Å². The Bertz CT molecular complexity index is 995. The van der Waals surface area contributed by atoms with Gasteiger partial charge in [-0.3, -0.25) is 14.4 Å². The number of rotatable bonds is 8. The maximum absolute atomic E-state index is 13.0. The molecule has 0 unspecified atom stereocenters. The number of nitrogens with one attached hydrogen (secondary N) is 2. The van der Waals surface area contributed by atoms with Gasteiger partial charge in [0.15, 0.2) is 0 Å². The molecule has 2 aromatic carbocycles. The molecule has 162 valence electrons. The third kappa shape index (κ3) is 6.71. The van der Waals surface area contributed by atoms with E-state index in [1.807, 2.05) is 6.07 Å². The predicted molar refractivity (Wildman–Crippen MR) is 118 cm³/mol. The van der Waals surface area contributed by atoms with E-state index in [1.165, 1.54) is 17.1 Å². The average molecular weight is 489 g/mol. The van der Waals surface area contributed by atoms with Gasteiger partial charge in [0, 0.05) is 36.0 Å². The van der Waals surface area contributed by atoms with Crippen molar-refractivity contribution in [2.45, 2.75) is 25.8 Å². The molecule has 1 heterocycles. The predicted octanol–water partition coefficient (Wildman–Crippen LogP) is 3.00. The zero-order valence-electron chi connectivity index (χ0n) is 16.7. The topological polar surface area (TPSA) is 90.9 Å². The molecule has 9 heteroatoms. The Morgan fingerprint density at radius 2 is 1.74 bits per heavy atom. The summed E-state index contributed by atoms with van der Waals surface area (Å²) >= 11 is 3.33. The Hall–Kier alpha value is -3.07. The standard InChI is InChI=1S/C22H22BrFN4O3/c23-17-4-1-3-16(13-17)21(30)25-11-2-12-26-22(31)19-9-10-20(29)28(27-19)14-15-5-7-18(24)8-6-15/h1,3-8,13H,2,9-12,14H2,(H,25,30)(H,26,31). The molecule has 0 radical (unpaired) electrons. The molecule has 0 spiro atoms. The molecule has 1 aliphatic heterocycles. The quantitative estimate of drug-likeness (QED) is 0.559. The minimum Gasteiger partial charge on any atom is -0.352 e. The first-order valence-corrected chi connectivity index (χ1v) is 10.7. The van der Waals surface area contributed by atoms with E-state index in [0.29, 0.717) is 25.1 Å². The van der Waals surface area contributed by atoms with E-state index in [2.05, 4.69) is 31.7 Å². The lowest BCUT2D eigenvalue weighted by atomic mass is 10.1. The van der Waals surface area contributed by atoms with Gasteiger partial charge in [0.2, 0.25) is 5.91 Å². The molecule has 1 aliphatic rings. The second-order valence-electron chi connectivity index (χ2n) is 7.00. The fraction of sp³-hybridized carbons (Fsp3) is 0.273. The second kappa shape index (κ2) is 10.8. The van der Waals surface area contributed by atoms with E-state index in [-0.39, 0.29) is 48.6 Å². The highest BCUT2D eigenvalue weighted by Crippen LogP contribution is 2.14. The van der Waals surface area contributed by atoms with Gasteiger partial charge < -0.3 is 10.6 Å². The molecule has 0 saturated carbocycles. The van der Waals surface area contributed by atoms with Crippen molar-refractivity contribution in [2.75, 3.05) is 13.1 Å². The van der Waals surface area contributed by atoms with Gasteiger partial charge >= 0.3 is 0 Å². The maximum atomic E-state index is 13.0. The van der Waals surface area contributed by atoms with Crippen LogP contribution in [-0.4, -0.2) is 41.5 Å². The van der Waals surface area contributed by atoms with Gasteiger partial charge in [0.05, 0.1) is 6.54 Å². The third-order valence-corrected chi connectivity index (χ3v) is 5.12. The van der Waals surface area contributed by atoms with Gasteiger partial charge in [0.25, 0.3) is 11.8 Å². The molecule has 31 heavy (non-hydrogen) atoms. The Labute approximate surface area is 187 Å². The van der Waals surface area contributed by atoms with Gasteiger partial charge in [-0.05, 0) is 42.3 Å². The summed E-state index contributed by atoms with van der Waals surface area (Å²) in [7, 11) is 0. The Morgan fingerprint density at radius 3 is 2.45 bits per heavy atom. The normalized spacial score (nSPS) is 13.5. The molecule has 3 rings (SSSR count). The molecule has 0 bridgehead atoms. The van der Waals surface area contributed by atoms with Crippen molar-refractivity contribution in [3.05, 3.63) is 69.9 Å². The largest absolute Gasteiger partial charge is 0.352 e. The van der Waals surface area contributed by atoms with Gasteiger partial charge in [-0.15, -0.1) is 0 Å². The highest BCUT2D eigenvalue weighted by molar-refractivity contribution is 9.10. The molecule has 2 aromatic rings. The maximum Gasteiger partial charge on any atom is 0.267 e. The molecule has 0 aromatic heterocycles. The monoisotopic (exact) mass is 488 g/mol. The number of nitrogens with zero attached hydrogens (tertiary/aromatic N) is 2. The van der Waals surface area contributed by atoms with Crippen molar-refractivity contribution in [3.63, 3.8) is 0 Å². The van der Waals surface area contributed by atoms with Crippen LogP contribution in [0.3, 0.4) is 0 Å². The van der Waals surface area contributed by atoms with Crippen molar-refractivity contribution in [3.8, 4) is 0 Å². The Morgan fingerprint density at radius 1 is 1.03 bits per heavy atom.